The molecule has 0 aliphatic rings. The van der Waals surface area contributed by atoms with E-state index in [1.807, 2.05) is 6.92 Å². The summed E-state index contributed by atoms with van der Waals surface area (Å²) in [5.74, 6) is 0. The smallest absolute Gasteiger partial charge is 0.280 e. The topological polar surface area (TPSA) is 75.4 Å². The number of nitrogens with zero attached hydrogens (tertiary/aromatic N) is 1. The third kappa shape index (κ3) is 4.42. The Hall–Kier alpha value is -0.240. The van der Waals surface area contributed by atoms with Gasteiger partial charge in [-0.2, -0.15) is 17.4 Å². The molecular weight excluding hydrogens is 234 g/mol. The van der Waals surface area contributed by atoms with Crippen LogP contribution in [0, 0.1) is 0 Å². The molecule has 90 valence electrons. The van der Waals surface area contributed by atoms with Gasteiger partial charge in [-0.3, -0.25) is 0 Å². The van der Waals surface area contributed by atoms with Crippen molar-refractivity contribution in [1.29, 1.82) is 0 Å². The second-order valence-electron chi connectivity index (χ2n) is 3.60. The third-order valence-electron chi connectivity index (χ3n) is 2.15. The average molecular weight is 253 g/mol. The molecule has 0 aromatic carbocycles. The van der Waals surface area contributed by atoms with Gasteiger partial charge in [-0.25, -0.2) is 0 Å². The minimum absolute atomic E-state index is 0.105. The first-order chi connectivity index (χ1) is 6.72. The molecule has 1 unspecified atom stereocenters. The Balaban J connectivity index is 4.70. The maximum Gasteiger partial charge on any atom is 0.280 e. The van der Waals surface area contributed by atoms with Gasteiger partial charge in [0.25, 0.3) is 10.2 Å². The fraction of sp³-hybridized carbons (Fsp3) is 0.875. The molecule has 0 aromatic rings. The van der Waals surface area contributed by atoms with Crippen LogP contribution >= 0.6 is 12.2 Å². The highest BCUT2D eigenvalue weighted by molar-refractivity contribution is 7.87. The van der Waals surface area contributed by atoms with Crippen LogP contribution in [-0.2, 0) is 10.2 Å². The molecule has 1 atom stereocenters. The molecule has 3 N–H and O–H groups in total. The Morgan fingerprint density at radius 3 is 2.27 bits per heavy atom. The molecule has 0 aliphatic carbocycles. The van der Waals surface area contributed by atoms with Crippen LogP contribution in [0.1, 0.15) is 27.2 Å². The minimum atomic E-state index is -3.50. The number of nitrogens with two attached hydrogens (primary N) is 1. The lowest BCUT2D eigenvalue weighted by molar-refractivity contribution is 0.400. The second-order valence-corrected chi connectivity index (χ2v) is 5.83. The number of hydrogen-bond donors (Lipinski definition) is 2. The minimum Gasteiger partial charge on any atom is -0.392 e. The number of hydrogen-bond acceptors (Lipinski definition) is 3. The van der Waals surface area contributed by atoms with E-state index >= 15 is 0 Å². The van der Waals surface area contributed by atoms with Gasteiger partial charge in [-0.1, -0.05) is 19.1 Å². The quantitative estimate of drug-likeness (QED) is 0.664. The molecule has 0 radical (unpaired) electrons. The Morgan fingerprint density at radius 2 is 2.00 bits per heavy atom. The zero-order chi connectivity index (χ0) is 12.2. The van der Waals surface area contributed by atoms with Crippen molar-refractivity contribution in [3.8, 4) is 0 Å². The summed E-state index contributed by atoms with van der Waals surface area (Å²) in [7, 11) is -1.99. The highest BCUT2D eigenvalue weighted by Crippen LogP contribution is 2.03. The van der Waals surface area contributed by atoms with Gasteiger partial charge >= 0.3 is 0 Å². The van der Waals surface area contributed by atoms with E-state index in [1.165, 1.54) is 11.4 Å². The largest absolute Gasteiger partial charge is 0.392 e. The SMILES string of the molecule is CCC(NS(=O)(=O)N(C)C(C)C)C(N)=S. The van der Waals surface area contributed by atoms with Crippen LogP contribution in [-0.4, -0.2) is 36.8 Å². The van der Waals surface area contributed by atoms with Crippen molar-refractivity contribution in [2.45, 2.75) is 39.3 Å². The first kappa shape index (κ1) is 14.8. The van der Waals surface area contributed by atoms with Crippen LogP contribution in [0.2, 0.25) is 0 Å². The molecule has 0 saturated heterocycles. The normalized spacial score (nSPS) is 14.5. The van der Waals surface area contributed by atoms with Crippen LogP contribution in [0.25, 0.3) is 0 Å². The molecule has 7 heteroatoms. The molecule has 0 fully saturated rings. The first-order valence-electron chi connectivity index (χ1n) is 4.77. The van der Waals surface area contributed by atoms with Crippen LogP contribution in [0.3, 0.4) is 0 Å². The van der Waals surface area contributed by atoms with Gasteiger partial charge in [0, 0.05) is 13.1 Å². The van der Waals surface area contributed by atoms with E-state index in [0.717, 1.165) is 0 Å². The zero-order valence-electron chi connectivity index (χ0n) is 9.52. The summed E-state index contributed by atoms with van der Waals surface area (Å²) in [6.45, 7) is 5.41. The molecule has 0 saturated carbocycles. The van der Waals surface area contributed by atoms with E-state index in [0.29, 0.717) is 6.42 Å². The number of thiocarbonyl (C=S) groups is 1. The summed E-state index contributed by atoms with van der Waals surface area (Å²) in [5, 5.41) is 0. The van der Waals surface area contributed by atoms with Gasteiger partial charge in [0.1, 0.15) is 0 Å². The number of nitrogens with one attached hydrogen (secondary N) is 1. The monoisotopic (exact) mass is 253 g/mol. The third-order valence-corrected chi connectivity index (χ3v) is 4.20. The number of rotatable bonds is 6. The van der Waals surface area contributed by atoms with Crippen LogP contribution in [0.5, 0.6) is 0 Å². The van der Waals surface area contributed by atoms with E-state index in [4.69, 9.17) is 18.0 Å². The van der Waals surface area contributed by atoms with Gasteiger partial charge in [0.2, 0.25) is 0 Å². The average Bonchev–Trinajstić information content (AvgIpc) is 2.12. The van der Waals surface area contributed by atoms with Crippen molar-refractivity contribution >= 4 is 27.4 Å². The second kappa shape index (κ2) is 5.74. The lowest BCUT2D eigenvalue weighted by atomic mass is 10.2. The fourth-order valence-electron chi connectivity index (χ4n) is 0.883. The Bertz CT molecular complexity index is 314. The van der Waals surface area contributed by atoms with E-state index in [1.54, 1.807) is 13.8 Å². The van der Waals surface area contributed by atoms with Crippen molar-refractivity contribution in [3.05, 3.63) is 0 Å². The lowest BCUT2D eigenvalue weighted by Gasteiger charge is -2.24. The predicted molar refractivity (Wildman–Crippen MR) is 65.8 cm³/mol. The summed E-state index contributed by atoms with van der Waals surface area (Å²) >= 11 is 4.77. The van der Waals surface area contributed by atoms with Crippen LogP contribution in [0.4, 0.5) is 0 Å². The Labute approximate surface area is 97.2 Å². The summed E-state index contributed by atoms with van der Waals surface area (Å²) in [6, 6.07) is -0.586. The fourth-order valence-corrected chi connectivity index (χ4v) is 2.56. The van der Waals surface area contributed by atoms with Gasteiger partial charge in [-0.15, -0.1) is 0 Å². The summed E-state index contributed by atoms with van der Waals surface area (Å²) in [4.78, 5) is 0.165. The van der Waals surface area contributed by atoms with Crippen molar-refractivity contribution in [3.63, 3.8) is 0 Å². The van der Waals surface area contributed by atoms with E-state index < -0.39 is 16.3 Å². The molecule has 0 spiro atoms. The van der Waals surface area contributed by atoms with Crippen molar-refractivity contribution in [2.75, 3.05) is 7.05 Å². The molecule has 15 heavy (non-hydrogen) atoms. The maximum absolute atomic E-state index is 11.7. The van der Waals surface area contributed by atoms with Crippen LogP contribution < -0.4 is 10.5 Å². The van der Waals surface area contributed by atoms with E-state index in [-0.39, 0.29) is 11.0 Å². The predicted octanol–water partition coefficient (Wildman–Crippen LogP) is 0.226. The van der Waals surface area contributed by atoms with Gasteiger partial charge in [0.05, 0.1) is 11.0 Å². The maximum atomic E-state index is 11.7. The standard InChI is InChI=1S/C8H19N3O2S2/c1-5-7(8(9)14)10-15(12,13)11(4)6(2)3/h6-7,10H,5H2,1-4H3,(H2,9,14). The zero-order valence-corrected chi connectivity index (χ0v) is 11.2. The van der Waals surface area contributed by atoms with Gasteiger partial charge in [0.15, 0.2) is 0 Å². The summed E-state index contributed by atoms with van der Waals surface area (Å²) in [5.41, 5.74) is 5.42. The van der Waals surface area contributed by atoms with Gasteiger partial charge in [-0.05, 0) is 20.3 Å². The lowest BCUT2D eigenvalue weighted by Crippen LogP contribution is -2.49. The van der Waals surface area contributed by atoms with Crippen molar-refractivity contribution in [1.82, 2.24) is 9.03 Å². The molecule has 5 nitrogen and oxygen atoms in total. The van der Waals surface area contributed by atoms with Crippen molar-refractivity contribution < 1.29 is 8.42 Å². The molecule has 0 rings (SSSR count). The van der Waals surface area contributed by atoms with E-state index in [9.17, 15) is 8.42 Å². The highest BCUT2D eigenvalue weighted by atomic mass is 32.2. The Kier molecular flexibility index (Phi) is 5.65. The van der Waals surface area contributed by atoms with Gasteiger partial charge < -0.3 is 5.73 Å². The molecule has 0 bridgehead atoms. The molecule has 0 amide bonds. The summed E-state index contributed by atoms with van der Waals surface area (Å²) in [6.07, 6.45) is 0.542. The first-order valence-corrected chi connectivity index (χ1v) is 6.61. The Morgan fingerprint density at radius 1 is 1.53 bits per heavy atom. The van der Waals surface area contributed by atoms with E-state index in [2.05, 4.69) is 4.72 Å². The summed E-state index contributed by atoms with van der Waals surface area (Å²) < 4.78 is 27.2. The molecular formula is C8H19N3O2S2. The van der Waals surface area contributed by atoms with Crippen LogP contribution in [0.15, 0.2) is 0 Å². The molecule has 0 aliphatic heterocycles. The van der Waals surface area contributed by atoms with Crippen molar-refractivity contribution in [2.24, 2.45) is 5.73 Å². The molecule has 0 aromatic heterocycles. The molecule has 0 heterocycles. The highest BCUT2D eigenvalue weighted by Gasteiger charge is 2.24.